The maximum atomic E-state index is 13.2. The van der Waals surface area contributed by atoms with Gasteiger partial charge in [-0.2, -0.15) is 5.26 Å². The van der Waals surface area contributed by atoms with Crippen LogP contribution in [0.5, 0.6) is 0 Å². The highest BCUT2D eigenvalue weighted by Crippen LogP contribution is 2.30. The highest BCUT2D eigenvalue weighted by molar-refractivity contribution is 6.01. The lowest BCUT2D eigenvalue weighted by Crippen LogP contribution is -2.52. The number of nitrogens with two attached hydrogens (primary N) is 1. The van der Waals surface area contributed by atoms with Crippen LogP contribution in [0.1, 0.15) is 49.4 Å². The standard InChI is InChI=1S/C30H37N9O5/c1-19-11-15-38(25(40)10-14-32)17-24(19)37(2)26-22-12-16-39(27(22)34-18-33-26)30(44)35-21-8-6-20(7-9-21)28(41)36-23(29(42)43)5-3-4-13-31/h6-9,12,16,18-19,23-24H,3-5,10-11,13,15,17,31H2,1-2H3,(H,35,44)(H,36,41)(H,42,43)/t19-,23?,24+/m1/s1. The fourth-order valence-electron chi connectivity index (χ4n) is 5.38. The number of fused-ring (bicyclic) bond motifs is 1. The van der Waals surface area contributed by atoms with E-state index in [0.29, 0.717) is 55.0 Å². The van der Waals surface area contributed by atoms with Gasteiger partial charge in [0.25, 0.3) is 5.91 Å². The number of carbonyl (C=O) groups excluding carboxylic acids is 3. The van der Waals surface area contributed by atoms with Crippen molar-refractivity contribution < 1.29 is 24.3 Å². The van der Waals surface area contributed by atoms with Crippen LogP contribution in [0.4, 0.5) is 16.3 Å². The number of unbranched alkanes of at least 4 members (excludes halogenated alkanes) is 1. The predicted octanol–water partition coefficient (Wildman–Crippen LogP) is 2.41. The summed E-state index contributed by atoms with van der Waals surface area (Å²) in [5.74, 6) is -0.955. The molecule has 1 aliphatic rings. The zero-order valence-corrected chi connectivity index (χ0v) is 24.8. The molecule has 0 bridgehead atoms. The first-order chi connectivity index (χ1) is 21.1. The fraction of sp³-hybridized carbons (Fsp3) is 0.433. The van der Waals surface area contributed by atoms with Gasteiger partial charge in [-0.3, -0.25) is 14.2 Å². The van der Waals surface area contributed by atoms with Crippen molar-refractivity contribution in [3.8, 4) is 6.07 Å². The van der Waals surface area contributed by atoms with Gasteiger partial charge in [0, 0.05) is 37.6 Å². The van der Waals surface area contributed by atoms with Gasteiger partial charge in [0.1, 0.15) is 24.6 Å². The molecule has 5 N–H and O–H groups in total. The van der Waals surface area contributed by atoms with Crippen molar-refractivity contribution in [3.63, 3.8) is 0 Å². The molecule has 14 nitrogen and oxygen atoms in total. The van der Waals surface area contributed by atoms with E-state index in [1.165, 1.54) is 23.0 Å². The summed E-state index contributed by atoms with van der Waals surface area (Å²) >= 11 is 0. The Labute approximate surface area is 254 Å². The molecule has 3 atom stereocenters. The van der Waals surface area contributed by atoms with Gasteiger partial charge in [-0.25, -0.2) is 19.6 Å². The molecule has 2 aromatic heterocycles. The molecule has 14 heteroatoms. The zero-order chi connectivity index (χ0) is 31.8. The maximum absolute atomic E-state index is 13.2. The van der Waals surface area contributed by atoms with E-state index in [-0.39, 0.29) is 36.3 Å². The molecule has 232 valence electrons. The fourth-order valence-corrected chi connectivity index (χ4v) is 5.38. The Kier molecular flexibility index (Phi) is 10.5. The summed E-state index contributed by atoms with van der Waals surface area (Å²) < 4.78 is 1.36. The van der Waals surface area contributed by atoms with Crippen molar-refractivity contribution in [2.75, 3.05) is 36.9 Å². The number of nitrogens with zero attached hydrogens (tertiary/aromatic N) is 6. The van der Waals surface area contributed by atoms with Crippen molar-refractivity contribution in [1.82, 2.24) is 24.8 Å². The van der Waals surface area contributed by atoms with Crippen molar-refractivity contribution in [2.45, 2.75) is 51.1 Å². The van der Waals surface area contributed by atoms with Gasteiger partial charge < -0.3 is 31.3 Å². The number of carboxylic acid groups (broad SMARTS) is 1. The van der Waals surface area contributed by atoms with Crippen LogP contribution in [0.25, 0.3) is 11.0 Å². The van der Waals surface area contributed by atoms with Crippen molar-refractivity contribution in [1.29, 1.82) is 5.26 Å². The number of rotatable bonds is 11. The molecular formula is C30H37N9O5. The summed E-state index contributed by atoms with van der Waals surface area (Å²) in [4.78, 5) is 62.3. The summed E-state index contributed by atoms with van der Waals surface area (Å²) in [5, 5.41) is 24.3. The molecule has 4 rings (SSSR count). The van der Waals surface area contributed by atoms with Gasteiger partial charge >= 0.3 is 12.0 Å². The number of likely N-dealkylation sites (N-methyl/N-ethyl adjacent to an activating group) is 1. The Hall–Kier alpha value is -5.03. The molecule has 3 amide bonds. The number of amides is 3. The number of hydrogen-bond donors (Lipinski definition) is 4. The lowest BCUT2D eigenvalue weighted by Gasteiger charge is -2.42. The van der Waals surface area contributed by atoms with E-state index in [1.807, 2.05) is 18.0 Å². The summed E-state index contributed by atoms with van der Waals surface area (Å²) in [6, 6.07) is 8.26. The number of nitrogens with one attached hydrogen (secondary N) is 2. The van der Waals surface area contributed by atoms with Crippen LogP contribution < -0.4 is 21.3 Å². The number of nitriles is 1. The van der Waals surface area contributed by atoms with E-state index in [2.05, 4.69) is 27.5 Å². The Morgan fingerprint density at radius 3 is 2.61 bits per heavy atom. The quantitative estimate of drug-likeness (QED) is 0.236. The number of likely N-dealkylation sites (tertiary alicyclic amines) is 1. The molecule has 1 fully saturated rings. The first-order valence-corrected chi connectivity index (χ1v) is 14.5. The smallest absolute Gasteiger partial charge is 0.331 e. The normalized spacial score (nSPS) is 17.0. The highest BCUT2D eigenvalue weighted by atomic mass is 16.4. The van der Waals surface area contributed by atoms with Crippen LogP contribution in [0.3, 0.4) is 0 Å². The number of aromatic nitrogens is 3. The van der Waals surface area contributed by atoms with E-state index < -0.39 is 23.9 Å². The molecule has 3 aromatic rings. The van der Waals surface area contributed by atoms with Crippen molar-refractivity contribution in [2.24, 2.45) is 11.7 Å². The third-order valence-electron chi connectivity index (χ3n) is 7.96. The second-order valence-electron chi connectivity index (χ2n) is 10.9. The minimum absolute atomic E-state index is 0.0471. The molecule has 44 heavy (non-hydrogen) atoms. The van der Waals surface area contributed by atoms with Crippen molar-refractivity contribution in [3.05, 3.63) is 48.4 Å². The molecule has 0 spiro atoms. The largest absolute Gasteiger partial charge is 0.480 e. The van der Waals surface area contributed by atoms with E-state index in [1.54, 1.807) is 29.3 Å². The minimum Gasteiger partial charge on any atom is -0.480 e. The number of benzene rings is 1. The first-order valence-electron chi connectivity index (χ1n) is 14.5. The Bertz CT molecular complexity index is 1550. The minimum atomic E-state index is -1.11. The molecular weight excluding hydrogens is 566 g/mol. The Morgan fingerprint density at radius 2 is 1.93 bits per heavy atom. The van der Waals surface area contributed by atoms with Crippen LogP contribution in [0.15, 0.2) is 42.9 Å². The predicted molar refractivity (Wildman–Crippen MR) is 163 cm³/mol. The molecule has 0 aliphatic carbocycles. The van der Waals surface area contributed by atoms with Gasteiger partial charge in [0.15, 0.2) is 5.65 Å². The van der Waals surface area contributed by atoms with Crippen LogP contribution in [-0.4, -0.2) is 87.1 Å². The highest BCUT2D eigenvalue weighted by Gasteiger charge is 2.33. The summed E-state index contributed by atoms with van der Waals surface area (Å²) in [6.07, 6.45) is 5.14. The Morgan fingerprint density at radius 1 is 1.18 bits per heavy atom. The summed E-state index contributed by atoms with van der Waals surface area (Å²) in [7, 11) is 1.90. The lowest BCUT2D eigenvalue weighted by atomic mass is 9.92. The van der Waals surface area contributed by atoms with E-state index in [0.717, 1.165) is 6.42 Å². The zero-order valence-electron chi connectivity index (χ0n) is 24.8. The average molecular weight is 604 g/mol. The van der Waals surface area contributed by atoms with Gasteiger partial charge in [0.2, 0.25) is 5.91 Å². The second-order valence-corrected chi connectivity index (χ2v) is 10.9. The molecule has 1 aromatic carbocycles. The number of carbonyl (C=O) groups is 4. The first kappa shape index (κ1) is 31.9. The topological polar surface area (TPSA) is 200 Å². The molecule has 1 unspecified atom stereocenters. The van der Waals surface area contributed by atoms with Crippen LogP contribution >= 0.6 is 0 Å². The van der Waals surface area contributed by atoms with Crippen LogP contribution in [0.2, 0.25) is 0 Å². The average Bonchev–Trinajstić information content (AvgIpc) is 3.45. The van der Waals surface area contributed by atoms with E-state index in [9.17, 15) is 24.3 Å². The SMILES string of the molecule is C[C@@H]1CCN(C(=O)CC#N)C[C@@H]1N(C)c1ncnc2c1ccn2C(=O)Nc1ccc(C(=O)NC(CCCCN)C(=O)O)cc1. The third kappa shape index (κ3) is 7.30. The number of anilines is 2. The summed E-state index contributed by atoms with van der Waals surface area (Å²) in [6.45, 7) is 3.63. The van der Waals surface area contributed by atoms with Crippen molar-refractivity contribution >= 4 is 46.4 Å². The number of hydrogen-bond acceptors (Lipinski definition) is 9. The molecule has 0 saturated carbocycles. The molecule has 3 heterocycles. The van der Waals surface area contributed by atoms with Gasteiger partial charge in [0.05, 0.1) is 17.5 Å². The maximum Gasteiger partial charge on any atom is 0.331 e. The second kappa shape index (κ2) is 14.4. The Balaban J connectivity index is 1.45. The lowest BCUT2D eigenvalue weighted by molar-refractivity contribution is -0.139. The van der Waals surface area contributed by atoms with Gasteiger partial charge in [-0.1, -0.05) is 6.92 Å². The molecule has 1 aliphatic heterocycles. The van der Waals surface area contributed by atoms with Gasteiger partial charge in [-0.05, 0) is 68.5 Å². The van der Waals surface area contributed by atoms with Gasteiger partial charge in [-0.15, -0.1) is 0 Å². The molecule has 0 radical (unpaired) electrons. The third-order valence-corrected chi connectivity index (χ3v) is 7.96. The molecule has 1 saturated heterocycles. The van der Waals surface area contributed by atoms with E-state index in [4.69, 9.17) is 11.0 Å². The number of carboxylic acids is 1. The number of aliphatic carboxylic acids is 1. The monoisotopic (exact) mass is 603 g/mol. The van der Waals surface area contributed by atoms with E-state index >= 15 is 0 Å². The number of piperidine rings is 1. The van der Waals surface area contributed by atoms with Crippen LogP contribution in [0, 0.1) is 17.2 Å². The summed E-state index contributed by atoms with van der Waals surface area (Å²) in [5.41, 5.74) is 6.54. The van der Waals surface area contributed by atoms with Crippen LogP contribution in [-0.2, 0) is 9.59 Å².